The van der Waals surface area contributed by atoms with Crippen LogP contribution in [0.4, 0.5) is 4.39 Å². The van der Waals surface area contributed by atoms with E-state index in [4.69, 9.17) is 15.2 Å². The molecule has 0 radical (unpaired) electrons. The molecule has 2 fully saturated rings. The van der Waals surface area contributed by atoms with E-state index in [9.17, 15) is 14.0 Å². The van der Waals surface area contributed by atoms with Gasteiger partial charge in [-0.3, -0.25) is 9.59 Å². The highest BCUT2D eigenvalue weighted by molar-refractivity contribution is 5.94. The van der Waals surface area contributed by atoms with Gasteiger partial charge in [-0.05, 0) is 24.1 Å². The summed E-state index contributed by atoms with van der Waals surface area (Å²) in [5.74, 6) is -1.71. The number of carbonyl (C=O) groups excluding carboxylic acids is 2. The second kappa shape index (κ2) is 6.86. The first-order chi connectivity index (χ1) is 11.5. The number of aryl methyl sites for hydroxylation is 1. The molecule has 2 aliphatic rings. The van der Waals surface area contributed by atoms with Crippen LogP contribution in [0.2, 0.25) is 0 Å². The number of likely N-dealkylation sites (tertiary alicyclic amines) is 1. The monoisotopic (exact) mass is 336 g/mol. The van der Waals surface area contributed by atoms with Gasteiger partial charge in [-0.25, -0.2) is 4.39 Å². The second-order valence-corrected chi connectivity index (χ2v) is 6.15. The van der Waals surface area contributed by atoms with Crippen LogP contribution in [0.15, 0.2) is 18.2 Å². The molecule has 0 atom stereocenters. The van der Waals surface area contributed by atoms with Crippen LogP contribution in [-0.4, -0.2) is 48.8 Å². The van der Waals surface area contributed by atoms with Gasteiger partial charge in [0.2, 0.25) is 11.8 Å². The Morgan fingerprint density at radius 3 is 2.50 bits per heavy atom. The van der Waals surface area contributed by atoms with Crippen LogP contribution >= 0.6 is 0 Å². The first-order valence-corrected chi connectivity index (χ1v) is 8.13. The lowest BCUT2D eigenvalue weighted by Gasteiger charge is -2.37. The largest absolute Gasteiger partial charge is 0.366 e. The highest BCUT2D eigenvalue weighted by atomic mass is 19.1. The van der Waals surface area contributed by atoms with E-state index in [0.29, 0.717) is 51.1 Å². The highest BCUT2D eigenvalue weighted by Crippen LogP contribution is 2.31. The maximum atomic E-state index is 13.2. The fourth-order valence-corrected chi connectivity index (χ4v) is 3.28. The van der Waals surface area contributed by atoms with Crippen molar-refractivity contribution in [3.8, 4) is 0 Å². The van der Waals surface area contributed by atoms with Gasteiger partial charge in [0, 0.05) is 37.9 Å². The lowest BCUT2D eigenvalue weighted by molar-refractivity contribution is -0.187. The van der Waals surface area contributed by atoms with Crippen LogP contribution in [0.5, 0.6) is 0 Å². The van der Waals surface area contributed by atoms with Gasteiger partial charge in [-0.2, -0.15) is 0 Å². The van der Waals surface area contributed by atoms with Crippen molar-refractivity contribution in [1.82, 2.24) is 4.90 Å². The van der Waals surface area contributed by atoms with Gasteiger partial charge in [-0.1, -0.05) is 6.07 Å². The molecule has 1 aromatic rings. The molecule has 2 amide bonds. The van der Waals surface area contributed by atoms with Crippen LogP contribution in [0.3, 0.4) is 0 Å². The number of nitrogens with two attached hydrogens (primary N) is 1. The van der Waals surface area contributed by atoms with Crippen molar-refractivity contribution in [2.24, 2.45) is 5.73 Å². The van der Waals surface area contributed by atoms with Crippen molar-refractivity contribution in [3.63, 3.8) is 0 Å². The minimum atomic E-state index is -0.688. The molecule has 2 aliphatic heterocycles. The summed E-state index contributed by atoms with van der Waals surface area (Å²) in [6.45, 7) is 2.39. The standard InChI is InChI=1S/C17H21FN2O4/c18-13-3-1-12(14(11-13)16(19)22)2-4-15(21)20-7-5-17(6-8-20)23-9-10-24-17/h1,3,11H,2,4-10H2,(H2,19,22). The first-order valence-electron chi connectivity index (χ1n) is 8.13. The van der Waals surface area contributed by atoms with E-state index < -0.39 is 17.5 Å². The molecule has 24 heavy (non-hydrogen) atoms. The summed E-state index contributed by atoms with van der Waals surface area (Å²) in [6.07, 6.45) is 1.94. The van der Waals surface area contributed by atoms with Crippen LogP contribution in [-0.2, 0) is 20.7 Å². The average Bonchev–Trinajstić information content (AvgIpc) is 3.02. The minimum absolute atomic E-state index is 0.00240. The molecule has 2 heterocycles. The van der Waals surface area contributed by atoms with Crippen molar-refractivity contribution >= 4 is 11.8 Å². The Balaban J connectivity index is 1.56. The van der Waals surface area contributed by atoms with Crippen LogP contribution in [0, 0.1) is 5.82 Å². The molecule has 7 heteroatoms. The van der Waals surface area contributed by atoms with Crippen molar-refractivity contribution in [2.45, 2.75) is 31.5 Å². The second-order valence-electron chi connectivity index (χ2n) is 6.15. The van der Waals surface area contributed by atoms with Crippen molar-refractivity contribution in [3.05, 3.63) is 35.1 Å². The normalized spacial score (nSPS) is 19.6. The van der Waals surface area contributed by atoms with Crippen molar-refractivity contribution in [2.75, 3.05) is 26.3 Å². The molecule has 0 saturated carbocycles. The molecule has 0 bridgehead atoms. The number of carbonyl (C=O) groups is 2. The third-order valence-electron chi connectivity index (χ3n) is 4.64. The fourth-order valence-electron chi connectivity index (χ4n) is 3.28. The van der Waals surface area contributed by atoms with E-state index in [0.717, 1.165) is 6.07 Å². The number of benzene rings is 1. The molecule has 3 rings (SSSR count). The molecule has 2 N–H and O–H groups in total. The minimum Gasteiger partial charge on any atom is -0.366 e. The number of hydrogen-bond donors (Lipinski definition) is 1. The zero-order valence-electron chi connectivity index (χ0n) is 13.4. The van der Waals surface area contributed by atoms with Gasteiger partial charge >= 0.3 is 0 Å². The van der Waals surface area contributed by atoms with E-state index in [1.54, 1.807) is 4.90 Å². The zero-order valence-corrected chi connectivity index (χ0v) is 13.4. The van der Waals surface area contributed by atoms with E-state index in [2.05, 4.69) is 0 Å². The Morgan fingerprint density at radius 1 is 1.21 bits per heavy atom. The number of halogens is 1. The molecule has 2 saturated heterocycles. The molecular formula is C17H21FN2O4. The summed E-state index contributed by atoms with van der Waals surface area (Å²) >= 11 is 0. The Morgan fingerprint density at radius 2 is 1.88 bits per heavy atom. The van der Waals surface area contributed by atoms with Gasteiger partial charge in [0.15, 0.2) is 5.79 Å². The maximum absolute atomic E-state index is 13.2. The highest BCUT2D eigenvalue weighted by Gasteiger charge is 2.40. The molecule has 0 aliphatic carbocycles. The smallest absolute Gasteiger partial charge is 0.249 e. The summed E-state index contributed by atoms with van der Waals surface area (Å²) in [4.78, 5) is 25.6. The van der Waals surface area contributed by atoms with Crippen LogP contribution < -0.4 is 5.73 Å². The van der Waals surface area contributed by atoms with Gasteiger partial charge < -0.3 is 20.1 Å². The molecule has 130 valence electrons. The van der Waals surface area contributed by atoms with Crippen LogP contribution in [0.1, 0.15) is 35.2 Å². The Labute approximate surface area is 139 Å². The fraction of sp³-hybridized carbons (Fsp3) is 0.529. The Bertz CT molecular complexity index is 633. The predicted molar refractivity (Wildman–Crippen MR) is 83.7 cm³/mol. The summed E-state index contributed by atoms with van der Waals surface area (Å²) < 4.78 is 24.5. The van der Waals surface area contributed by atoms with Crippen molar-refractivity contribution in [1.29, 1.82) is 0 Å². The lowest BCUT2D eigenvalue weighted by Crippen LogP contribution is -2.47. The van der Waals surface area contributed by atoms with E-state index >= 15 is 0 Å². The number of amides is 2. The van der Waals surface area contributed by atoms with E-state index in [1.165, 1.54) is 12.1 Å². The predicted octanol–water partition coefficient (Wildman–Crippen LogP) is 1.22. The first kappa shape index (κ1) is 16.9. The van der Waals surface area contributed by atoms with Gasteiger partial charge in [0.1, 0.15) is 5.82 Å². The maximum Gasteiger partial charge on any atom is 0.249 e. The van der Waals surface area contributed by atoms with E-state index in [-0.39, 0.29) is 17.9 Å². The third kappa shape index (κ3) is 3.57. The lowest BCUT2D eigenvalue weighted by atomic mass is 10.00. The molecule has 0 unspecified atom stereocenters. The van der Waals surface area contributed by atoms with Gasteiger partial charge in [-0.15, -0.1) is 0 Å². The SMILES string of the molecule is NC(=O)c1cc(F)ccc1CCC(=O)N1CCC2(CC1)OCCO2. The third-order valence-corrected chi connectivity index (χ3v) is 4.64. The zero-order chi connectivity index (χ0) is 17.2. The number of hydrogen-bond acceptors (Lipinski definition) is 4. The topological polar surface area (TPSA) is 81.9 Å². The number of ether oxygens (including phenoxy) is 2. The number of rotatable bonds is 4. The average molecular weight is 336 g/mol. The number of primary amides is 1. The van der Waals surface area contributed by atoms with Crippen LogP contribution in [0.25, 0.3) is 0 Å². The number of piperidine rings is 1. The summed E-state index contributed by atoms with van der Waals surface area (Å²) in [7, 11) is 0. The summed E-state index contributed by atoms with van der Waals surface area (Å²) in [5, 5.41) is 0. The summed E-state index contributed by atoms with van der Waals surface area (Å²) in [5.41, 5.74) is 5.99. The molecule has 1 spiro atoms. The molecular weight excluding hydrogens is 315 g/mol. The van der Waals surface area contributed by atoms with E-state index in [1.807, 2.05) is 0 Å². The Hall–Kier alpha value is -1.99. The van der Waals surface area contributed by atoms with Gasteiger partial charge in [0.25, 0.3) is 0 Å². The molecule has 6 nitrogen and oxygen atoms in total. The van der Waals surface area contributed by atoms with Crippen molar-refractivity contribution < 1.29 is 23.5 Å². The molecule has 0 aromatic heterocycles. The summed E-state index contributed by atoms with van der Waals surface area (Å²) in [6, 6.07) is 3.89. The Kier molecular flexibility index (Phi) is 4.82. The van der Waals surface area contributed by atoms with Gasteiger partial charge in [0.05, 0.1) is 13.2 Å². The number of nitrogens with zero attached hydrogens (tertiary/aromatic N) is 1. The quantitative estimate of drug-likeness (QED) is 0.896. The molecule has 1 aromatic carbocycles.